The van der Waals surface area contributed by atoms with Crippen molar-refractivity contribution in [1.29, 1.82) is 0 Å². The number of carbonyl (C=O) groups excluding carboxylic acids is 4. The molecule has 1 aliphatic rings. The number of hydrogen-bond donors (Lipinski definition) is 7. The fourth-order valence-electron chi connectivity index (χ4n) is 7.86. The summed E-state index contributed by atoms with van der Waals surface area (Å²) in [5.74, 6) is -6.64. The van der Waals surface area contributed by atoms with Gasteiger partial charge in [0.2, 0.25) is 11.8 Å². The van der Waals surface area contributed by atoms with E-state index in [0.29, 0.717) is 0 Å². The number of nitrogens with zero attached hydrogens (tertiary/aromatic N) is 6. The Morgan fingerprint density at radius 1 is 0.537 bits per heavy atom. The molecule has 0 aliphatic carbocycles. The number of ether oxygens (including phenoxy) is 7. The predicted molar refractivity (Wildman–Crippen MR) is 291 cm³/mol. The Labute approximate surface area is 483 Å². The molecule has 1 saturated heterocycles. The van der Waals surface area contributed by atoms with Crippen LogP contribution in [0.4, 0.5) is 0 Å². The molecule has 1 fully saturated rings. The molecule has 82 heavy (non-hydrogen) atoms. The fourth-order valence-corrected chi connectivity index (χ4v) is 8.33. The largest absolute Gasteiger partial charge is 0.480 e. The van der Waals surface area contributed by atoms with Crippen LogP contribution in [0.1, 0.15) is 36.2 Å². The van der Waals surface area contributed by atoms with Crippen molar-refractivity contribution in [3.8, 4) is 5.75 Å². The molecule has 0 spiro atoms. The van der Waals surface area contributed by atoms with E-state index in [1.54, 1.807) is 37.8 Å². The van der Waals surface area contributed by atoms with Crippen molar-refractivity contribution in [3.05, 3.63) is 62.5 Å². The first-order valence-corrected chi connectivity index (χ1v) is 27.2. The molecule has 1 atom stereocenters. The number of carboxylic acids is 4. The molecule has 29 nitrogen and oxygen atoms in total. The molecule has 1 aromatic heterocycles. The topological polar surface area (TPSA) is 365 Å². The van der Waals surface area contributed by atoms with E-state index >= 15 is 0 Å². The quantitative estimate of drug-likeness (QED) is 0.0187. The van der Waals surface area contributed by atoms with Gasteiger partial charge in [-0.05, 0) is 24.6 Å². The van der Waals surface area contributed by atoms with E-state index < -0.39 is 66.4 Å². The van der Waals surface area contributed by atoms with Gasteiger partial charge < -0.3 is 74.3 Å². The summed E-state index contributed by atoms with van der Waals surface area (Å²) in [5, 5.41) is 55.0. The number of rotatable bonds is 40. The number of benzene rings is 1. The van der Waals surface area contributed by atoms with Gasteiger partial charge in [-0.3, -0.25) is 62.8 Å². The summed E-state index contributed by atoms with van der Waals surface area (Å²) in [6, 6.07) is 7.10. The fraction of sp³-hybridized carbons (Fsp3) is 0.627. The van der Waals surface area contributed by atoms with E-state index in [0.717, 1.165) is 6.07 Å². The van der Waals surface area contributed by atoms with Crippen molar-refractivity contribution in [1.82, 2.24) is 39.9 Å². The first-order valence-electron chi connectivity index (χ1n) is 26.5. The zero-order chi connectivity index (χ0) is 60.1. The monoisotopic (exact) mass is 1210 g/mol. The van der Waals surface area contributed by atoms with Crippen LogP contribution in [0.15, 0.2) is 41.2 Å². The molecule has 7 N–H and O–H groups in total. The minimum Gasteiger partial charge on any atom is -0.480 e. The van der Waals surface area contributed by atoms with Gasteiger partial charge in [-0.2, -0.15) is 0 Å². The van der Waals surface area contributed by atoms with Gasteiger partial charge in [0, 0.05) is 97.4 Å². The number of amides is 3. The molecule has 460 valence electrons. The number of hydrogen-bond acceptors (Lipinski definition) is 21. The number of aliphatic carboxylic acids is 4. The summed E-state index contributed by atoms with van der Waals surface area (Å²) in [6.45, 7) is 1.98. The second kappa shape index (κ2) is 41.0. The van der Waals surface area contributed by atoms with Crippen LogP contribution in [0.5, 0.6) is 5.75 Å². The number of aromatic nitrogens is 1. The van der Waals surface area contributed by atoms with E-state index in [1.165, 1.54) is 17.0 Å². The lowest BCUT2D eigenvalue weighted by Gasteiger charge is -2.35. The highest BCUT2D eigenvalue weighted by Gasteiger charge is 2.29. The van der Waals surface area contributed by atoms with Crippen LogP contribution in [-0.2, 0) is 62.0 Å². The summed E-state index contributed by atoms with van der Waals surface area (Å²) < 4.78 is 38.3. The van der Waals surface area contributed by atoms with Gasteiger partial charge in [0.05, 0.1) is 115 Å². The maximum atomic E-state index is 13.5. The number of carbonyl (C=O) groups is 8. The third kappa shape index (κ3) is 30.3. The van der Waals surface area contributed by atoms with Gasteiger partial charge in [-0.25, -0.2) is 0 Å². The zero-order valence-corrected chi connectivity index (χ0v) is 47.2. The van der Waals surface area contributed by atoms with Crippen molar-refractivity contribution in [2.45, 2.75) is 31.7 Å². The number of esters is 1. The Hall–Kier alpha value is -6.09. The van der Waals surface area contributed by atoms with Gasteiger partial charge >= 0.3 is 29.8 Å². The Kier molecular flexibility index (Phi) is 35.1. The number of para-hydroxylation sites is 1. The average molecular weight is 1210 g/mol. The minimum absolute atomic E-state index is 0.00121. The molecule has 3 amide bonds. The normalized spacial score (nSPS) is 14.5. The summed E-state index contributed by atoms with van der Waals surface area (Å²) in [7, 11) is 0. The van der Waals surface area contributed by atoms with Crippen molar-refractivity contribution < 1.29 is 97.1 Å². The lowest BCUT2D eigenvalue weighted by Crippen LogP contribution is -2.52. The van der Waals surface area contributed by atoms with E-state index in [4.69, 9.17) is 56.4 Å². The molecule has 0 unspecified atom stereocenters. The minimum atomic E-state index is -1.27. The highest BCUT2D eigenvalue weighted by Crippen LogP contribution is 2.32. The van der Waals surface area contributed by atoms with E-state index in [-0.39, 0.29) is 222 Å². The van der Waals surface area contributed by atoms with E-state index in [2.05, 4.69) is 10.6 Å². The molecular formula is C51H76Cl2N8O21. The summed E-state index contributed by atoms with van der Waals surface area (Å²) in [4.78, 5) is 118. The predicted octanol–water partition coefficient (Wildman–Crippen LogP) is -0.739. The van der Waals surface area contributed by atoms with Gasteiger partial charge in [-0.1, -0.05) is 35.3 Å². The Balaban J connectivity index is 1.32. The molecule has 31 heteroatoms. The average Bonchev–Trinajstić information content (AvgIpc) is 3.41. The van der Waals surface area contributed by atoms with Crippen LogP contribution in [0.25, 0.3) is 0 Å². The van der Waals surface area contributed by atoms with Crippen LogP contribution in [0.3, 0.4) is 0 Å². The SMILES string of the molecule is O=C(O)CN1CCN(CC(=O)O)CCN([C@H](CCC(=O)NCCN(CCOCCOCCOCCNC(=O)CCOCCOCCOCCC(=O)Oc2c(Cl)cccc2Cl)C(=O)c2cccc(=O)n2O)C(=O)O)CCN(CC(=O)O)CC1. The molecule has 1 aliphatic heterocycles. The van der Waals surface area contributed by atoms with Crippen molar-refractivity contribution >= 4 is 70.8 Å². The second-order valence-electron chi connectivity index (χ2n) is 18.2. The Morgan fingerprint density at radius 3 is 1.49 bits per heavy atom. The van der Waals surface area contributed by atoms with E-state index in [9.17, 15) is 68.8 Å². The lowest BCUT2D eigenvalue weighted by atomic mass is 10.1. The number of halogens is 2. The molecule has 0 bridgehead atoms. The summed E-state index contributed by atoms with van der Waals surface area (Å²) in [6.07, 6.45) is -0.340. The number of carboxylic acid groups (broad SMARTS) is 4. The van der Waals surface area contributed by atoms with Crippen molar-refractivity contribution in [2.75, 3.05) is 177 Å². The number of pyridine rings is 1. The summed E-state index contributed by atoms with van der Waals surface area (Å²) in [5.41, 5.74) is -1.19. The zero-order valence-electron chi connectivity index (χ0n) is 45.7. The smallest absolute Gasteiger partial charge is 0.320 e. The lowest BCUT2D eigenvalue weighted by molar-refractivity contribution is -0.145. The molecule has 0 radical (unpaired) electrons. The maximum absolute atomic E-state index is 13.5. The highest BCUT2D eigenvalue weighted by molar-refractivity contribution is 6.37. The molecular weight excluding hydrogens is 1130 g/mol. The van der Waals surface area contributed by atoms with Crippen molar-refractivity contribution in [3.63, 3.8) is 0 Å². The molecule has 0 saturated carbocycles. The highest BCUT2D eigenvalue weighted by atomic mass is 35.5. The first kappa shape index (κ1) is 70.2. The Bertz CT molecular complexity index is 2320. The van der Waals surface area contributed by atoms with Gasteiger partial charge in [-0.15, -0.1) is 4.73 Å². The Morgan fingerprint density at radius 2 is 0.976 bits per heavy atom. The molecule has 3 rings (SSSR count). The standard InChI is InChI=1S/C51H76Cl2N8O21/c52-38-3-1-4-39(53)49(38)82-48(71)10-24-77-28-32-80-31-27-76-23-9-43(63)55-12-25-78-29-33-81-34-30-79-26-22-60(50(72)40-5-2-6-44(64)61(40)75)13-11-54-42(62)8-7-41(51(73)74)59-20-18-57(36-46(67)68)16-14-56(35-45(65)66)15-17-58(19-21-59)37-47(69)70/h1-6,41,75H,7-37H2,(H,54,62)(H,55,63)(H,65,66)(H,67,68)(H,69,70)(H,73,74)/t41-/m1/s1. The van der Waals surface area contributed by atoms with Crippen molar-refractivity contribution in [2.24, 2.45) is 0 Å². The second-order valence-corrected chi connectivity index (χ2v) is 19.0. The van der Waals surface area contributed by atoms with Crippen LogP contribution in [0.2, 0.25) is 10.0 Å². The third-order valence-corrected chi connectivity index (χ3v) is 12.7. The van der Waals surface area contributed by atoms with E-state index in [1.807, 2.05) is 0 Å². The molecule has 2 heterocycles. The number of nitrogens with one attached hydrogen (secondary N) is 2. The maximum Gasteiger partial charge on any atom is 0.320 e. The first-order chi connectivity index (χ1) is 39.3. The van der Waals surface area contributed by atoms with Crippen LogP contribution < -0.4 is 20.9 Å². The molecule has 1 aromatic carbocycles. The van der Waals surface area contributed by atoms with Crippen LogP contribution in [-0.4, -0.2) is 286 Å². The third-order valence-electron chi connectivity index (χ3n) is 12.1. The van der Waals surface area contributed by atoms with Gasteiger partial charge in [0.1, 0.15) is 11.7 Å². The van der Waals surface area contributed by atoms with Crippen LogP contribution in [0, 0.1) is 0 Å². The summed E-state index contributed by atoms with van der Waals surface area (Å²) >= 11 is 12.0. The molecule has 2 aromatic rings. The van der Waals surface area contributed by atoms with Gasteiger partial charge in [0.15, 0.2) is 5.75 Å². The van der Waals surface area contributed by atoms with Crippen LogP contribution >= 0.6 is 23.2 Å². The van der Waals surface area contributed by atoms with Gasteiger partial charge in [0.25, 0.3) is 11.5 Å².